The third-order valence-corrected chi connectivity index (χ3v) is 4.65. The number of nitro groups is 1. The van der Waals surface area contributed by atoms with Crippen molar-refractivity contribution in [3.63, 3.8) is 0 Å². The van der Waals surface area contributed by atoms with Crippen LogP contribution in [-0.4, -0.2) is 86.1 Å². The summed E-state index contributed by atoms with van der Waals surface area (Å²) in [5.41, 5.74) is -0.289. The molecule has 0 radical (unpaired) electrons. The standard InChI is InChI=1S/C22H26N2O13/c1-4-9-32-21(27)36-17-16(35-20(26)23-13-7-6-8-14(11-13)24(29)30)15(12-25)34-19(31-3)18(17)37-22(28)33-10-5-2/h4-8,11,15-19,25H,1-2,9-10,12H2,3H3,(H,23,26)/t15-,16-,17+,18-,19+/m1/s1. The van der Waals surface area contributed by atoms with Gasteiger partial charge in [0.05, 0.1) is 17.2 Å². The van der Waals surface area contributed by atoms with Crippen LogP contribution < -0.4 is 5.32 Å². The van der Waals surface area contributed by atoms with Crippen molar-refractivity contribution in [3.8, 4) is 0 Å². The summed E-state index contributed by atoms with van der Waals surface area (Å²) in [5, 5.41) is 23.1. The topological polar surface area (TPSA) is 191 Å². The van der Waals surface area contributed by atoms with E-state index in [1.807, 2.05) is 0 Å². The number of aliphatic hydroxyl groups excluding tert-OH is 1. The molecule has 15 nitrogen and oxygen atoms in total. The first-order valence-electron chi connectivity index (χ1n) is 10.6. The number of anilines is 1. The second-order valence-electron chi connectivity index (χ2n) is 7.13. The zero-order valence-electron chi connectivity index (χ0n) is 19.7. The highest BCUT2D eigenvalue weighted by atomic mass is 16.8. The quantitative estimate of drug-likeness (QED) is 0.140. The molecule has 5 atom stereocenters. The van der Waals surface area contributed by atoms with Crippen LogP contribution in [0.2, 0.25) is 0 Å². The maximum Gasteiger partial charge on any atom is 0.509 e. The van der Waals surface area contributed by atoms with Crippen LogP contribution in [-0.2, 0) is 33.2 Å². The number of amides is 1. The van der Waals surface area contributed by atoms with E-state index in [4.69, 9.17) is 33.2 Å². The van der Waals surface area contributed by atoms with E-state index in [-0.39, 0.29) is 24.6 Å². The molecule has 0 saturated carbocycles. The van der Waals surface area contributed by atoms with Crippen molar-refractivity contribution >= 4 is 29.8 Å². The Morgan fingerprint density at radius 1 is 1.08 bits per heavy atom. The van der Waals surface area contributed by atoms with E-state index >= 15 is 0 Å². The van der Waals surface area contributed by atoms with Gasteiger partial charge in [0, 0.05) is 19.2 Å². The lowest BCUT2D eigenvalue weighted by Gasteiger charge is -2.43. The Kier molecular flexibility index (Phi) is 11.3. The predicted octanol–water partition coefficient (Wildman–Crippen LogP) is 2.29. The second-order valence-corrected chi connectivity index (χ2v) is 7.13. The average Bonchev–Trinajstić information content (AvgIpc) is 2.88. The number of hydrogen-bond donors (Lipinski definition) is 2. The van der Waals surface area contributed by atoms with Gasteiger partial charge in [-0.25, -0.2) is 14.4 Å². The molecular formula is C22H26N2O13. The van der Waals surface area contributed by atoms with E-state index in [0.717, 1.165) is 6.07 Å². The molecule has 0 aromatic heterocycles. The van der Waals surface area contributed by atoms with E-state index in [9.17, 15) is 29.6 Å². The zero-order chi connectivity index (χ0) is 27.4. The van der Waals surface area contributed by atoms with Gasteiger partial charge in [0.1, 0.15) is 19.3 Å². The second kappa shape index (κ2) is 14.4. The number of hydrogen-bond acceptors (Lipinski definition) is 13. The van der Waals surface area contributed by atoms with Gasteiger partial charge in [0.25, 0.3) is 5.69 Å². The number of aliphatic hydroxyl groups is 1. The predicted molar refractivity (Wildman–Crippen MR) is 123 cm³/mol. The van der Waals surface area contributed by atoms with Crippen LogP contribution in [0.3, 0.4) is 0 Å². The summed E-state index contributed by atoms with van der Waals surface area (Å²) in [6.45, 7) is 5.62. The van der Waals surface area contributed by atoms with Crippen LogP contribution in [0.15, 0.2) is 49.6 Å². The van der Waals surface area contributed by atoms with Gasteiger partial charge in [-0.15, -0.1) is 0 Å². The Morgan fingerprint density at radius 2 is 1.70 bits per heavy atom. The number of rotatable bonds is 11. The largest absolute Gasteiger partial charge is 0.509 e. The summed E-state index contributed by atoms with van der Waals surface area (Å²) >= 11 is 0. The fourth-order valence-electron chi connectivity index (χ4n) is 3.13. The van der Waals surface area contributed by atoms with E-state index in [0.29, 0.717) is 0 Å². The summed E-state index contributed by atoms with van der Waals surface area (Å²) in [7, 11) is 1.19. The van der Waals surface area contributed by atoms with Gasteiger partial charge in [0.2, 0.25) is 0 Å². The number of carbonyl (C=O) groups is 3. The van der Waals surface area contributed by atoms with Crippen molar-refractivity contribution in [1.82, 2.24) is 0 Å². The first-order chi connectivity index (χ1) is 17.7. The summed E-state index contributed by atoms with van der Waals surface area (Å²) in [4.78, 5) is 47.4. The zero-order valence-corrected chi connectivity index (χ0v) is 19.7. The Morgan fingerprint density at radius 3 is 2.24 bits per heavy atom. The molecule has 2 N–H and O–H groups in total. The summed E-state index contributed by atoms with van der Waals surface area (Å²) in [5.74, 6) is 0. The first-order valence-corrected chi connectivity index (χ1v) is 10.6. The van der Waals surface area contributed by atoms with Crippen molar-refractivity contribution in [3.05, 3.63) is 59.7 Å². The van der Waals surface area contributed by atoms with Gasteiger partial charge in [-0.3, -0.25) is 15.4 Å². The van der Waals surface area contributed by atoms with Gasteiger partial charge in [-0.05, 0) is 6.07 Å². The average molecular weight is 526 g/mol. The summed E-state index contributed by atoms with van der Waals surface area (Å²) < 4.78 is 36.1. The molecule has 0 unspecified atom stereocenters. The van der Waals surface area contributed by atoms with Crippen LogP contribution in [0.5, 0.6) is 0 Å². The minimum absolute atomic E-state index is 0.00917. The molecule has 0 spiro atoms. The molecule has 202 valence electrons. The van der Waals surface area contributed by atoms with Gasteiger partial charge in [0.15, 0.2) is 24.6 Å². The van der Waals surface area contributed by atoms with E-state index < -0.39 is 60.6 Å². The lowest BCUT2D eigenvalue weighted by atomic mass is 9.98. The van der Waals surface area contributed by atoms with Crippen molar-refractivity contribution in [1.29, 1.82) is 0 Å². The van der Waals surface area contributed by atoms with Gasteiger partial charge in [-0.1, -0.05) is 31.4 Å². The SMILES string of the molecule is C=CCOC(=O)O[C@@H]1[C@@H](OC(=O)OCC=C)[C@@H](OC)O[C@H](CO)[C@H]1OC(=O)Nc1cccc([N+](=O)[O-])c1. The van der Waals surface area contributed by atoms with Crippen LogP contribution in [0.1, 0.15) is 0 Å². The highest BCUT2D eigenvalue weighted by Crippen LogP contribution is 2.30. The van der Waals surface area contributed by atoms with Crippen LogP contribution >= 0.6 is 0 Å². The molecule has 1 aliphatic rings. The number of methoxy groups -OCH3 is 1. The molecule has 0 bridgehead atoms. The van der Waals surface area contributed by atoms with Crippen molar-refractivity contribution in [2.45, 2.75) is 30.7 Å². The molecule has 15 heteroatoms. The minimum Gasteiger partial charge on any atom is -0.439 e. The maximum atomic E-state index is 12.6. The van der Waals surface area contributed by atoms with Crippen molar-refractivity contribution in [2.75, 3.05) is 32.2 Å². The Balaban J connectivity index is 2.33. The Labute approximate surface area is 210 Å². The van der Waals surface area contributed by atoms with Gasteiger partial charge >= 0.3 is 18.4 Å². The fourth-order valence-corrected chi connectivity index (χ4v) is 3.13. The molecule has 1 fully saturated rings. The number of nitrogens with one attached hydrogen (secondary N) is 1. The van der Waals surface area contributed by atoms with Crippen molar-refractivity contribution < 1.29 is 57.6 Å². The number of carbonyl (C=O) groups excluding carboxylic acids is 3. The lowest BCUT2D eigenvalue weighted by Crippen LogP contribution is -2.63. The van der Waals surface area contributed by atoms with Gasteiger partial charge < -0.3 is 38.3 Å². The highest BCUT2D eigenvalue weighted by molar-refractivity contribution is 5.85. The molecular weight excluding hydrogens is 500 g/mol. The Hall–Kier alpha value is -4.21. The van der Waals surface area contributed by atoms with E-state index in [1.165, 1.54) is 37.5 Å². The molecule has 1 aromatic rings. The third kappa shape index (κ3) is 8.45. The monoisotopic (exact) mass is 526 g/mol. The normalized spacial score (nSPS) is 22.6. The van der Waals surface area contributed by atoms with Crippen LogP contribution in [0, 0.1) is 10.1 Å². The highest BCUT2D eigenvalue weighted by Gasteiger charge is 2.53. The maximum absolute atomic E-state index is 12.6. The first kappa shape index (κ1) is 29.0. The van der Waals surface area contributed by atoms with Crippen LogP contribution in [0.4, 0.5) is 25.8 Å². The summed E-state index contributed by atoms with van der Waals surface area (Å²) in [6, 6.07) is 4.98. The number of nitro benzene ring substituents is 1. The molecule has 1 heterocycles. The smallest absolute Gasteiger partial charge is 0.439 e. The number of benzene rings is 1. The molecule has 2 rings (SSSR count). The molecule has 1 aliphatic heterocycles. The van der Waals surface area contributed by atoms with E-state index in [2.05, 4.69) is 18.5 Å². The molecule has 1 aromatic carbocycles. The molecule has 1 amide bonds. The van der Waals surface area contributed by atoms with Crippen LogP contribution in [0.25, 0.3) is 0 Å². The molecule has 37 heavy (non-hydrogen) atoms. The number of nitrogens with zero attached hydrogens (tertiary/aromatic N) is 1. The van der Waals surface area contributed by atoms with Crippen molar-refractivity contribution in [2.24, 2.45) is 0 Å². The van der Waals surface area contributed by atoms with E-state index in [1.54, 1.807) is 0 Å². The Bertz CT molecular complexity index is 985. The fraction of sp³-hybridized carbons (Fsp3) is 0.409. The lowest BCUT2D eigenvalue weighted by molar-refractivity contribution is -0.384. The molecule has 1 saturated heterocycles. The molecule has 0 aliphatic carbocycles. The third-order valence-electron chi connectivity index (χ3n) is 4.65. The minimum atomic E-state index is -1.62. The number of ether oxygens (including phenoxy) is 7. The summed E-state index contributed by atoms with van der Waals surface area (Å²) in [6.07, 6.45) is -8.58. The number of non-ortho nitro benzene ring substituents is 1. The van der Waals surface area contributed by atoms with Gasteiger partial charge in [-0.2, -0.15) is 0 Å².